The van der Waals surface area contributed by atoms with Crippen LogP contribution in [-0.2, 0) is 4.79 Å². The van der Waals surface area contributed by atoms with Gasteiger partial charge in [-0.3, -0.25) is 29.8 Å². The number of nitrogens with zero attached hydrogens (tertiary/aromatic N) is 3. The Morgan fingerprint density at radius 2 is 1.70 bits per heavy atom. The van der Waals surface area contributed by atoms with Gasteiger partial charge in [-0.1, -0.05) is 30.3 Å². The van der Waals surface area contributed by atoms with Gasteiger partial charge in [-0.05, 0) is 29.8 Å². The molecule has 0 aliphatic heterocycles. The Balaban J connectivity index is 1.83. The van der Waals surface area contributed by atoms with E-state index in [1.807, 2.05) is 0 Å². The topological polar surface area (TPSA) is 170 Å². The molecular formula is C21H15N5O7. The average Bonchev–Trinajstić information content (AvgIpc) is 3.28. The molecule has 0 saturated carbocycles. The number of hydrogen-bond acceptors (Lipinski definition) is 8. The molecule has 0 atom stereocenters. The van der Waals surface area contributed by atoms with Crippen LogP contribution in [0.1, 0.15) is 21.7 Å². The van der Waals surface area contributed by atoms with Crippen LogP contribution in [0.2, 0.25) is 0 Å². The van der Waals surface area contributed by atoms with Gasteiger partial charge in [0.05, 0.1) is 17.2 Å². The van der Waals surface area contributed by atoms with Gasteiger partial charge in [-0.25, -0.2) is 5.43 Å². The van der Waals surface area contributed by atoms with Gasteiger partial charge in [0.2, 0.25) is 0 Å². The summed E-state index contributed by atoms with van der Waals surface area (Å²) >= 11 is 0. The number of amides is 2. The standard InChI is InChI=1S/C21H15N5O7/c27-20(15-6-2-1-3-7-15)23-18(12-14-5-4-8-16(11-14)25(29)30)21(28)24-22-13-17-9-10-19(33-17)26(31)32/h1-13H,(H,23,27)(H,24,28)/b18-12-,22-13+. The highest BCUT2D eigenvalue weighted by Gasteiger charge is 2.16. The summed E-state index contributed by atoms with van der Waals surface area (Å²) in [4.78, 5) is 45.5. The van der Waals surface area contributed by atoms with Gasteiger partial charge >= 0.3 is 5.88 Å². The summed E-state index contributed by atoms with van der Waals surface area (Å²) in [5, 5.41) is 27.8. The number of nitro groups is 2. The van der Waals surface area contributed by atoms with Crippen LogP contribution in [0.25, 0.3) is 6.08 Å². The Kier molecular flexibility index (Phi) is 7.01. The summed E-state index contributed by atoms with van der Waals surface area (Å²) in [6.45, 7) is 0. The second-order valence-corrected chi connectivity index (χ2v) is 6.36. The molecule has 2 aromatic carbocycles. The predicted molar refractivity (Wildman–Crippen MR) is 116 cm³/mol. The number of nitro benzene ring substituents is 1. The molecule has 0 aliphatic rings. The van der Waals surface area contributed by atoms with E-state index < -0.39 is 27.5 Å². The highest BCUT2D eigenvalue weighted by Crippen LogP contribution is 2.16. The second-order valence-electron chi connectivity index (χ2n) is 6.36. The van der Waals surface area contributed by atoms with E-state index in [2.05, 4.69) is 15.8 Å². The van der Waals surface area contributed by atoms with Gasteiger partial charge < -0.3 is 9.73 Å². The SMILES string of the molecule is O=C(N/N=C/c1ccc([N+](=O)[O-])o1)/C(=C/c1cccc([N+](=O)[O-])c1)NC(=O)c1ccccc1. The Hall–Kier alpha value is -5.13. The minimum Gasteiger partial charge on any atom is -0.400 e. The third-order valence-corrected chi connectivity index (χ3v) is 4.07. The molecule has 0 radical (unpaired) electrons. The van der Waals surface area contributed by atoms with Crippen LogP contribution in [0.4, 0.5) is 11.6 Å². The van der Waals surface area contributed by atoms with Crippen molar-refractivity contribution in [2.75, 3.05) is 0 Å². The normalized spacial score (nSPS) is 11.2. The van der Waals surface area contributed by atoms with Crippen molar-refractivity contribution >= 4 is 35.7 Å². The molecule has 0 unspecified atom stereocenters. The smallest absolute Gasteiger partial charge is 0.400 e. The van der Waals surface area contributed by atoms with Crippen LogP contribution >= 0.6 is 0 Å². The maximum absolute atomic E-state index is 12.7. The van der Waals surface area contributed by atoms with Crippen molar-refractivity contribution in [2.24, 2.45) is 5.10 Å². The quantitative estimate of drug-likeness (QED) is 0.230. The molecule has 3 rings (SSSR count). The van der Waals surface area contributed by atoms with Crippen molar-refractivity contribution < 1.29 is 23.9 Å². The lowest BCUT2D eigenvalue weighted by molar-refractivity contribution is -0.402. The maximum atomic E-state index is 12.7. The van der Waals surface area contributed by atoms with Crippen LogP contribution in [0.15, 0.2) is 81.9 Å². The summed E-state index contributed by atoms with van der Waals surface area (Å²) in [5.74, 6) is -1.92. The molecule has 0 spiro atoms. The molecule has 166 valence electrons. The van der Waals surface area contributed by atoms with E-state index in [-0.39, 0.29) is 28.3 Å². The van der Waals surface area contributed by atoms with Crippen molar-refractivity contribution in [3.8, 4) is 0 Å². The van der Waals surface area contributed by atoms with E-state index in [0.717, 1.165) is 12.3 Å². The number of benzene rings is 2. The van der Waals surface area contributed by atoms with Gasteiger partial charge in [-0.15, -0.1) is 0 Å². The summed E-state index contributed by atoms with van der Waals surface area (Å²) in [5.41, 5.74) is 2.29. The molecule has 0 aliphatic carbocycles. The van der Waals surface area contributed by atoms with Crippen molar-refractivity contribution in [2.45, 2.75) is 0 Å². The second kappa shape index (κ2) is 10.3. The number of rotatable bonds is 8. The molecule has 2 amide bonds. The third kappa shape index (κ3) is 6.18. The lowest BCUT2D eigenvalue weighted by atomic mass is 10.1. The average molecular weight is 449 g/mol. The van der Waals surface area contributed by atoms with E-state index in [4.69, 9.17) is 4.42 Å². The molecule has 1 aromatic heterocycles. The monoisotopic (exact) mass is 449 g/mol. The number of carbonyl (C=O) groups excluding carboxylic acids is 2. The molecule has 0 saturated heterocycles. The first-order valence-electron chi connectivity index (χ1n) is 9.23. The van der Waals surface area contributed by atoms with Crippen LogP contribution < -0.4 is 10.7 Å². The Morgan fingerprint density at radius 3 is 2.36 bits per heavy atom. The van der Waals surface area contributed by atoms with Crippen LogP contribution in [0, 0.1) is 20.2 Å². The lowest BCUT2D eigenvalue weighted by Gasteiger charge is -2.09. The Labute approximate surface area is 185 Å². The van der Waals surface area contributed by atoms with E-state index in [0.29, 0.717) is 0 Å². The first-order chi connectivity index (χ1) is 15.8. The van der Waals surface area contributed by atoms with E-state index >= 15 is 0 Å². The zero-order chi connectivity index (χ0) is 23.8. The maximum Gasteiger partial charge on any atom is 0.433 e. The van der Waals surface area contributed by atoms with Crippen molar-refractivity contribution in [1.29, 1.82) is 0 Å². The number of hydrogen-bond donors (Lipinski definition) is 2. The van der Waals surface area contributed by atoms with Crippen molar-refractivity contribution in [3.63, 3.8) is 0 Å². The first kappa shape index (κ1) is 22.6. The van der Waals surface area contributed by atoms with Gasteiger partial charge in [0.15, 0.2) is 5.76 Å². The molecule has 0 bridgehead atoms. The molecule has 1 heterocycles. The zero-order valence-electron chi connectivity index (χ0n) is 16.7. The first-order valence-corrected chi connectivity index (χ1v) is 9.23. The van der Waals surface area contributed by atoms with Gasteiger partial charge in [0.1, 0.15) is 10.6 Å². The van der Waals surface area contributed by atoms with E-state index in [1.165, 1.54) is 36.4 Å². The Morgan fingerprint density at radius 1 is 0.939 bits per heavy atom. The summed E-state index contributed by atoms with van der Waals surface area (Å²) < 4.78 is 4.89. The number of carbonyl (C=O) groups is 2. The fraction of sp³-hybridized carbons (Fsp3) is 0. The fourth-order valence-corrected chi connectivity index (χ4v) is 2.56. The third-order valence-electron chi connectivity index (χ3n) is 4.07. The summed E-state index contributed by atoms with van der Waals surface area (Å²) in [7, 11) is 0. The van der Waals surface area contributed by atoms with Crippen molar-refractivity contribution in [3.05, 3.63) is 110 Å². The number of non-ortho nitro benzene ring substituents is 1. The predicted octanol–water partition coefficient (Wildman–Crippen LogP) is 3.02. The van der Waals surface area contributed by atoms with Gasteiger partial charge in [0.25, 0.3) is 17.5 Å². The van der Waals surface area contributed by atoms with Gasteiger partial charge in [0, 0.05) is 17.7 Å². The highest BCUT2D eigenvalue weighted by molar-refractivity contribution is 6.05. The molecule has 3 aromatic rings. The summed E-state index contributed by atoms with van der Waals surface area (Å²) in [6.07, 6.45) is 2.28. The molecule has 12 heteroatoms. The molecule has 2 N–H and O–H groups in total. The van der Waals surface area contributed by atoms with E-state index in [1.54, 1.807) is 30.3 Å². The summed E-state index contributed by atoms with van der Waals surface area (Å²) in [6, 6.07) is 16.0. The number of nitrogens with one attached hydrogen (secondary N) is 2. The van der Waals surface area contributed by atoms with Crippen LogP contribution in [0.5, 0.6) is 0 Å². The van der Waals surface area contributed by atoms with Crippen LogP contribution in [-0.4, -0.2) is 27.9 Å². The number of hydrazone groups is 1. The molecule has 12 nitrogen and oxygen atoms in total. The number of furan rings is 1. The van der Waals surface area contributed by atoms with E-state index in [9.17, 15) is 29.8 Å². The molecular weight excluding hydrogens is 434 g/mol. The minimum absolute atomic E-state index is 0.0135. The minimum atomic E-state index is -0.844. The van der Waals surface area contributed by atoms with Crippen molar-refractivity contribution in [1.82, 2.24) is 10.7 Å². The van der Waals surface area contributed by atoms with Gasteiger partial charge in [-0.2, -0.15) is 5.10 Å². The van der Waals surface area contributed by atoms with Crippen LogP contribution in [0.3, 0.4) is 0 Å². The molecule has 0 fully saturated rings. The fourth-order valence-electron chi connectivity index (χ4n) is 2.56. The zero-order valence-corrected chi connectivity index (χ0v) is 16.7. The largest absolute Gasteiger partial charge is 0.433 e. The molecule has 33 heavy (non-hydrogen) atoms. The lowest BCUT2D eigenvalue weighted by Crippen LogP contribution is -2.32. The highest BCUT2D eigenvalue weighted by atomic mass is 16.6. The Bertz CT molecular complexity index is 1260.